The molecule has 4 aliphatic rings. The average molecular weight is 967 g/mol. The van der Waals surface area contributed by atoms with Crippen molar-refractivity contribution in [3.05, 3.63) is 60.3 Å². The Morgan fingerprint density at radius 2 is 1.66 bits per heavy atom. The molecule has 0 radical (unpaired) electrons. The van der Waals surface area contributed by atoms with Crippen molar-refractivity contribution in [2.45, 2.75) is 158 Å². The summed E-state index contributed by atoms with van der Waals surface area (Å²) in [4.78, 5) is 88.5. The number of unbranched alkanes of at least 4 members (excludes halogenated alkanes) is 2. The van der Waals surface area contributed by atoms with Crippen LogP contribution in [0.1, 0.15) is 124 Å². The second-order valence-corrected chi connectivity index (χ2v) is 24.0. The van der Waals surface area contributed by atoms with E-state index < -0.39 is 90.5 Å². The lowest BCUT2D eigenvalue weighted by molar-refractivity contribution is -0.155. The maximum atomic E-state index is 14.9. The molecule has 0 unspecified atom stereocenters. The number of carbonyl (C=O) groups excluding carboxylic acids is 6. The highest BCUT2D eigenvalue weighted by molar-refractivity contribution is 8.00. The first-order valence-corrected chi connectivity index (χ1v) is 25.6. The van der Waals surface area contributed by atoms with Gasteiger partial charge in [0.1, 0.15) is 40.3 Å². The first-order chi connectivity index (χ1) is 31.4. The Labute approximate surface area is 398 Å². The minimum atomic E-state index is -3.95. The number of amides is 5. The van der Waals surface area contributed by atoms with E-state index in [1.807, 2.05) is 71.0 Å². The number of fused-ring (bicyclic) bond motifs is 2. The Morgan fingerprint density at radius 3 is 2.36 bits per heavy atom. The monoisotopic (exact) mass is 966 g/mol. The second kappa shape index (κ2) is 20.6. The van der Waals surface area contributed by atoms with Crippen molar-refractivity contribution in [1.29, 1.82) is 0 Å². The number of sulfonamides is 1. The fourth-order valence-electron chi connectivity index (χ4n) is 8.11. The van der Waals surface area contributed by atoms with Gasteiger partial charge in [-0.2, -0.15) is 11.8 Å². The molecule has 2 aromatic rings. The number of aromatic nitrogens is 1. The molecule has 2 saturated carbocycles. The number of pyridine rings is 1. The second-order valence-electron chi connectivity index (χ2n) is 20.3. The number of thioether (sulfide) groups is 1. The molecule has 1 aromatic carbocycles. The van der Waals surface area contributed by atoms with E-state index in [1.165, 1.54) is 16.7 Å². The predicted molar refractivity (Wildman–Crippen MR) is 253 cm³/mol. The number of hydrogen-bond donors (Lipinski definition) is 4. The number of esters is 1. The molecule has 2 aliphatic heterocycles. The van der Waals surface area contributed by atoms with E-state index >= 15 is 0 Å². The Kier molecular flexibility index (Phi) is 15.7. The van der Waals surface area contributed by atoms with Gasteiger partial charge in [-0.15, -0.1) is 0 Å². The fourth-order valence-corrected chi connectivity index (χ4v) is 10.6. The average Bonchev–Trinajstić information content (AvgIpc) is 4.16. The highest BCUT2D eigenvalue weighted by Gasteiger charge is 2.62. The Hall–Kier alpha value is -5.17. The number of rotatable bonds is 14. The first-order valence-electron chi connectivity index (χ1n) is 23.1. The summed E-state index contributed by atoms with van der Waals surface area (Å²) >= 11 is 1.44. The lowest BCUT2D eigenvalue weighted by Crippen LogP contribution is -2.61. The molecule has 6 rings (SSSR count). The summed E-state index contributed by atoms with van der Waals surface area (Å²) in [6, 6.07) is 9.14. The van der Waals surface area contributed by atoms with Crippen molar-refractivity contribution < 1.29 is 51.4 Å². The lowest BCUT2D eigenvalue weighted by Gasteiger charge is -2.37. The van der Waals surface area contributed by atoms with Gasteiger partial charge in [-0.25, -0.2) is 18.2 Å². The quantitative estimate of drug-likeness (QED) is 0.103. The summed E-state index contributed by atoms with van der Waals surface area (Å²) in [7, 11) is -3.95. The molecule has 67 heavy (non-hydrogen) atoms. The number of nitrogens with zero attached hydrogens (tertiary/aromatic N) is 2. The number of alkyl carbamates (subject to hydrolysis) is 1. The van der Waals surface area contributed by atoms with E-state index in [4.69, 9.17) is 14.2 Å². The summed E-state index contributed by atoms with van der Waals surface area (Å²) < 4.78 is 44.0. The molecule has 4 N–H and O–H groups in total. The Morgan fingerprint density at radius 1 is 0.940 bits per heavy atom. The van der Waals surface area contributed by atoms with Crippen LogP contribution >= 0.6 is 11.8 Å². The first kappa shape index (κ1) is 51.2. The molecule has 19 heteroatoms. The smallest absolute Gasteiger partial charge is 0.408 e. The van der Waals surface area contributed by atoms with Gasteiger partial charge in [-0.3, -0.25) is 28.7 Å². The normalized spacial score (nSPS) is 24.7. The van der Waals surface area contributed by atoms with Gasteiger partial charge in [0.2, 0.25) is 21.8 Å². The summed E-state index contributed by atoms with van der Waals surface area (Å²) in [6.07, 6.45) is 6.91. The molecule has 0 bridgehead atoms. The molecule has 1 aromatic heterocycles. The molecule has 2 aliphatic carbocycles. The van der Waals surface area contributed by atoms with Crippen LogP contribution in [0.4, 0.5) is 4.79 Å². The summed E-state index contributed by atoms with van der Waals surface area (Å²) in [6.45, 7) is 14.6. The van der Waals surface area contributed by atoms with Crippen LogP contribution in [0.25, 0.3) is 11.3 Å². The SMILES string of the molecule is CC(C)(C)OC(=O)CCCCCOc1cccc(-c2cccc(C(=O)N[C@@H]3C[C@H]4C(=O)N[C@]5(C(=O)NS(=O)(=O)C6CC6)C[C@H]5/C=C/CCSC(C)(C)[C@H](NC(=O)OC(C)(C)C)C(=O)N4C3)n2)c1. The van der Waals surface area contributed by atoms with E-state index in [0.717, 1.165) is 12.8 Å². The van der Waals surface area contributed by atoms with Crippen LogP contribution < -0.4 is 25.4 Å². The third-order valence-electron chi connectivity index (χ3n) is 11.7. The molecule has 0 spiro atoms. The minimum Gasteiger partial charge on any atom is -0.494 e. The molecule has 1 saturated heterocycles. The maximum Gasteiger partial charge on any atom is 0.408 e. The zero-order valence-corrected chi connectivity index (χ0v) is 41.4. The van der Waals surface area contributed by atoms with Crippen LogP contribution in [0.5, 0.6) is 5.75 Å². The van der Waals surface area contributed by atoms with Gasteiger partial charge < -0.3 is 35.1 Å². The van der Waals surface area contributed by atoms with Crippen molar-refractivity contribution in [3.8, 4) is 17.0 Å². The number of carbonyl (C=O) groups is 6. The zero-order chi connectivity index (χ0) is 49.0. The molecular weight excluding hydrogens is 901 g/mol. The summed E-state index contributed by atoms with van der Waals surface area (Å²) in [5, 5.41) is 7.90. The number of hydrogen-bond acceptors (Lipinski definition) is 13. The van der Waals surface area contributed by atoms with Gasteiger partial charge in [0.05, 0.1) is 17.6 Å². The van der Waals surface area contributed by atoms with Gasteiger partial charge in [0.25, 0.3) is 11.8 Å². The van der Waals surface area contributed by atoms with Crippen LogP contribution in [0, 0.1) is 5.92 Å². The van der Waals surface area contributed by atoms with Crippen molar-refractivity contribution in [2.75, 3.05) is 18.9 Å². The van der Waals surface area contributed by atoms with E-state index in [2.05, 4.69) is 25.7 Å². The van der Waals surface area contributed by atoms with Crippen LogP contribution in [0.3, 0.4) is 0 Å². The number of benzene rings is 1. The molecule has 5 atom stereocenters. The highest BCUT2D eigenvalue weighted by Crippen LogP contribution is 2.46. The van der Waals surface area contributed by atoms with Crippen LogP contribution in [-0.4, -0.2) is 118 Å². The topological polar surface area (TPSA) is 228 Å². The predicted octanol–water partition coefficient (Wildman–Crippen LogP) is 5.58. The van der Waals surface area contributed by atoms with Gasteiger partial charge in [0, 0.05) is 35.2 Å². The van der Waals surface area contributed by atoms with E-state index in [-0.39, 0.29) is 31.0 Å². The van der Waals surface area contributed by atoms with Crippen LogP contribution in [0.15, 0.2) is 54.6 Å². The van der Waals surface area contributed by atoms with Crippen molar-refractivity contribution in [2.24, 2.45) is 5.92 Å². The fraction of sp³-hybridized carbons (Fsp3) is 0.604. The molecule has 17 nitrogen and oxygen atoms in total. The highest BCUT2D eigenvalue weighted by atomic mass is 32.2. The number of nitrogens with one attached hydrogen (secondary N) is 4. The Bertz CT molecular complexity index is 2340. The van der Waals surface area contributed by atoms with Gasteiger partial charge in [-0.1, -0.05) is 30.4 Å². The van der Waals surface area contributed by atoms with Crippen molar-refractivity contribution in [1.82, 2.24) is 30.6 Å². The van der Waals surface area contributed by atoms with Crippen LogP contribution in [0.2, 0.25) is 0 Å². The van der Waals surface area contributed by atoms with E-state index in [1.54, 1.807) is 39.0 Å². The van der Waals surface area contributed by atoms with Crippen molar-refractivity contribution >= 4 is 57.5 Å². The lowest BCUT2D eigenvalue weighted by atomic mass is 10.0. The minimum absolute atomic E-state index is 0.0608. The zero-order valence-electron chi connectivity index (χ0n) is 39.8. The number of allylic oxidation sites excluding steroid dienone is 1. The van der Waals surface area contributed by atoms with Gasteiger partial charge >= 0.3 is 12.1 Å². The number of ether oxygens (including phenoxy) is 3. The maximum absolute atomic E-state index is 14.9. The summed E-state index contributed by atoms with van der Waals surface area (Å²) in [5.74, 6) is -2.28. The van der Waals surface area contributed by atoms with E-state index in [0.29, 0.717) is 61.5 Å². The molecule has 3 fully saturated rings. The Balaban J connectivity index is 1.19. The molecule has 5 amide bonds. The largest absolute Gasteiger partial charge is 0.494 e. The van der Waals surface area contributed by atoms with Gasteiger partial charge in [-0.05, 0) is 137 Å². The van der Waals surface area contributed by atoms with Gasteiger partial charge in [0.15, 0.2) is 0 Å². The third kappa shape index (κ3) is 14.0. The molecule has 3 heterocycles. The standard InChI is InChI=1S/C48H66N6O11S2/c1-45(2,3)64-38(55)21-10-9-12-24-63-33-18-14-16-30(26-33)35-19-15-20-36(50-35)40(56)49-32-27-37-41(57)52-48(43(59)53-67(61,62)34-22-23-34)28-31(48)17-11-13-25-66-47(7,8)39(42(58)54(37)29-32)51-44(60)65-46(4,5)6/h11,14-20,26,31-32,34,37,39H,9-10,12-13,21-25,27-29H2,1-8H3,(H,49,56)(H,51,60)(H,52,57)(H,53,59)/b17-11+/t31-,32-,37+,39-,48-/m1/s1. The summed E-state index contributed by atoms with van der Waals surface area (Å²) in [5.41, 5.74) is -1.68. The van der Waals surface area contributed by atoms with Crippen LogP contribution in [-0.2, 0) is 38.7 Å². The van der Waals surface area contributed by atoms with Crippen molar-refractivity contribution in [3.63, 3.8) is 0 Å². The van der Waals surface area contributed by atoms with E-state index in [9.17, 15) is 37.2 Å². The molecular formula is C48H66N6O11S2. The molecule has 366 valence electrons. The third-order valence-corrected chi connectivity index (χ3v) is 15.0.